The zero-order valence-corrected chi connectivity index (χ0v) is 27.2. The van der Waals surface area contributed by atoms with Crippen LogP contribution in [0.2, 0.25) is 0 Å². The lowest BCUT2D eigenvalue weighted by molar-refractivity contribution is -0.292. The standard InChI is InChI=1S/C36H40F5N5O3/c37-35(38)8-6-23(7-9-35)30(47)46(27-3-1-2-24(16-27)26-19-42-28(43-20-26)22-4-5-22)21-32-10-13-33(14-11-32,15-12-32)31-44-29(49-45-31)25-17-34(48,18-25)36(39,40)41/h1-3,16,19-20,22-23,25,48H,4-15,17-18,21H2. The van der Waals surface area contributed by atoms with Gasteiger partial charge in [0.1, 0.15) is 5.82 Å². The molecule has 262 valence electrons. The Morgan fingerprint density at radius 1 is 0.898 bits per heavy atom. The number of carbonyl (C=O) groups is 1. The first-order valence-corrected chi connectivity index (χ1v) is 17.5. The van der Waals surface area contributed by atoms with Crippen molar-refractivity contribution in [3.63, 3.8) is 0 Å². The number of carbonyl (C=O) groups excluding carboxylic acids is 1. The van der Waals surface area contributed by atoms with Crippen molar-refractivity contribution in [1.29, 1.82) is 0 Å². The highest BCUT2D eigenvalue weighted by Crippen LogP contribution is 2.59. The molecule has 6 saturated carbocycles. The van der Waals surface area contributed by atoms with Crippen LogP contribution in [0.3, 0.4) is 0 Å². The van der Waals surface area contributed by atoms with E-state index in [-0.39, 0.29) is 48.3 Å². The molecule has 6 aliphatic rings. The Morgan fingerprint density at radius 3 is 2.16 bits per heavy atom. The summed E-state index contributed by atoms with van der Waals surface area (Å²) in [4.78, 5) is 29.8. The van der Waals surface area contributed by atoms with Gasteiger partial charge in [-0.3, -0.25) is 4.79 Å². The molecule has 1 aromatic carbocycles. The predicted molar refractivity (Wildman–Crippen MR) is 168 cm³/mol. The van der Waals surface area contributed by atoms with E-state index in [0.717, 1.165) is 74.0 Å². The van der Waals surface area contributed by atoms with E-state index >= 15 is 0 Å². The molecule has 1 amide bonds. The molecule has 0 atom stereocenters. The fraction of sp³-hybridized carbons (Fsp3) is 0.639. The number of rotatable bonds is 8. The van der Waals surface area contributed by atoms with E-state index < -0.39 is 42.4 Å². The predicted octanol–water partition coefficient (Wildman–Crippen LogP) is 8.03. The Hall–Kier alpha value is -3.48. The highest BCUT2D eigenvalue weighted by Gasteiger charge is 2.63. The van der Waals surface area contributed by atoms with Crippen LogP contribution in [0.25, 0.3) is 11.1 Å². The largest absolute Gasteiger partial charge is 0.417 e. The van der Waals surface area contributed by atoms with E-state index in [1.165, 1.54) is 0 Å². The minimum Gasteiger partial charge on any atom is -0.380 e. The number of hydrogen-bond acceptors (Lipinski definition) is 7. The average molecular weight is 686 g/mol. The first-order valence-electron chi connectivity index (χ1n) is 17.5. The van der Waals surface area contributed by atoms with E-state index in [9.17, 15) is 31.9 Å². The van der Waals surface area contributed by atoms with Gasteiger partial charge in [0.05, 0.1) is 0 Å². The second-order valence-electron chi connectivity index (χ2n) is 15.6. The van der Waals surface area contributed by atoms with Crippen LogP contribution in [0.15, 0.2) is 41.2 Å². The number of hydrogen-bond donors (Lipinski definition) is 1. The molecule has 0 unspecified atom stereocenters. The smallest absolute Gasteiger partial charge is 0.380 e. The molecule has 2 aromatic heterocycles. The van der Waals surface area contributed by atoms with Gasteiger partial charge in [0, 0.05) is 66.2 Å². The van der Waals surface area contributed by atoms with Crippen LogP contribution >= 0.6 is 0 Å². The Balaban J connectivity index is 1.01. The zero-order chi connectivity index (χ0) is 34.2. The lowest BCUT2D eigenvalue weighted by Gasteiger charge is -2.53. The van der Waals surface area contributed by atoms with Crippen molar-refractivity contribution in [2.45, 2.75) is 125 Å². The maximum atomic E-state index is 14.3. The van der Waals surface area contributed by atoms with Gasteiger partial charge in [0.15, 0.2) is 11.4 Å². The topological polar surface area (TPSA) is 105 Å². The van der Waals surface area contributed by atoms with Gasteiger partial charge in [-0.25, -0.2) is 18.7 Å². The van der Waals surface area contributed by atoms with E-state index in [4.69, 9.17) is 4.52 Å². The van der Waals surface area contributed by atoms with Crippen LogP contribution in [0.5, 0.6) is 0 Å². The van der Waals surface area contributed by atoms with Gasteiger partial charge >= 0.3 is 6.18 Å². The van der Waals surface area contributed by atoms with Crippen LogP contribution in [0, 0.1) is 11.3 Å². The molecular weight excluding hydrogens is 645 g/mol. The van der Waals surface area contributed by atoms with Crippen molar-refractivity contribution in [2.75, 3.05) is 11.4 Å². The lowest BCUT2D eigenvalue weighted by Crippen LogP contribution is -2.54. The zero-order valence-electron chi connectivity index (χ0n) is 27.2. The summed E-state index contributed by atoms with van der Waals surface area (Å²) in [7, 11) is 0. The Morgan fingerprint density at radius 2 is 1.55 bits per heavy atom. The van der Waals surface area contributed by atoms with Crippen molar-refractivity contribution < 1.29 is 36.4 Å². The molecule has 13 heteroatoms. The monoisotopic (exact) mass is 685 g/mol. The van der Waals surface area contributed by atoms with Gasteiger partial charge in [-0.2, -0.15) is 18.2 Å². The second-order valence-corrected chi connectivity index (χ2v) is 15.6. The molecular formula is C36H40F5N5O3. The molecule has 0 aliphatic heterocycles. The Bertz CT molecular complexity index is 1680. The number of halogens is 5. The van der Waals surface area contributed by atoms with Crippen LogP contribution in [-0.2, 0) is 10.2 Å². The summed E-state index contributed by atoms with van der Waals surface area (Å²) in [6, 6.07) is 7.75. The van der Waals surface area contributed by atoms with Gasteiger partial charge in [-0.05, 0) is 100 Å². The quantitative estimate of drug-likeness (QED) is 0.240. The Kier molecular flexibility index (Phi) is 7.70. The number of aliphatic hydroxyl groups is 1. The van der Waals surface area contributed by atoms with Crippen molar-refractivity contribution >= 4 is 11.6 Å². The summed E-state index contributed by atoms with van der Waals surface area (Å²) in [6.07, 6.45) is 4.48. The molecule has 0 radical (unpaired) electrons. The summed E-state index contributed by atoms with van der Waals surface area (Å²) in [5.41, 5.74) is -0.807. The van der Waals surface area contributed by atoms with Crippen LogP contribution in [0.1, 0.15) is 119 Å². The van der Waals surface area contributed by atoms with Crippen LogP contribution < -0.4 is 4.90 Å². The molecule has 0 spiro atoms. The van der Waals surface area contributed by atoms with Gasteiger partial charge in [-0.1, -0.05) is 17.3 Å². The molecule has 1 N–H and O–H groups in total. The number of aromatic nitrogens is 4. The second kappa shape index (κ2) is 11.5. The third-order valence-electron chi connectivity index (χ3n) is 12.3. The molecule has 0 saturated heterocycles. The third kappa shape index (κ3) is 6.03. The van der Waals surface area contributed by atoms with Crippen LogP contribution in [-0.4, -0.2) is 55.4 Å². The van der Waals surface area contributed by atoms with E-state index in [2.05, 4.69) is 20.1 Å². The molecule has 3 aromatic rings. The molecule has 49 heavy (non-hydrogen) atoms. The molecule has 9 rings (SSSR count). The summed E-state index contributed by atoms with van der Waals surface area (Å²) in [5, 5.41) is 14.1. The molecule has 8 nitrogen and oxygen atoms in total. The fourth-order valence-corrected chi connectivity index (χ4v) is 8.65. The van der Waals surface area contributed by atoms with E-state index in [0.29, 0.717) is 18.3 Å². The normalized spacial score (nSPS) is 31.3. The summed E-state index contributed by atoms with van der Waals surface area (Å²) < 4.78 is 73.2. The van der Waals surface area contributed by atoms with Crippen molar-refractivity contribution in [3.05, 3.63) is 54.2 Å². The third-order valence-corrected chi connectivity index (χ3v) is 12.3. The lowest BCUT2D eigenvalue weighted by atomic mass is 9.53. The minimum atomic E-state index is -4.70. The molecule has 6 fully saturated rings. The maximum Gasteiger partial charge on any atom is 0.417 e. The minimum absolute atomic E-state index is 0.119. The Labute approximate surface area is 280 Å². The number of amides is 1. The fourth-order valence-electron chi connectivity index (χ4n) is 8.65. The SMILES string of the molecule is O=C(C1CCC(F)(F)CC1)N(CC12CCC(c3noc(C4CC(O)(C(F)(F)F)C4)n3)(CC1)CC2)c1cccc(-c2cnc(C3CC3)nc2)c1. The van der Waals surface area contributed by atoms with Crippen LogP contribution in [0.4, 0.5) is 27.6 Å². The first-order chi connectivity index (χ1) is 23.3. The van der Waals surface area contributed by atoms with Gasteiger partial charge in [0.25, 0.3) is 0 Å². The summed E-state index contributed by atoms with van der Waals surface area (Å²) in [5.74, 6) is -2.03. The number of benzene rings is 1. The van der Waals surface area contributed by atoms with Gasteiger partial charge in [-0.15, -0.1) is 0 Å². The van der Waals surface area contributed by atoms with Crippen molar-refractivity contribution in [3.8, 4) is 11.1 Å². The van der Waals surface area contributed by atoms with Crippen molar-refractivity contribution in [2.24, 2.45) is 11.3 Å². The average Bonchev–Trinajstić information content (AvgIpc) is 3.82. The summed E-state index contributed by atoms with van der Waals surface area (Å²) >= 11 is 0. The summed E-state index contributed by atoms with van der Waals surface area (Å²) in [6.45, 7) is 0.463. The first kappa shape index (κ1) is 32.7. The number of fused-ring (bicyclic) bond motifs is 3. The highest BCUT2D eigenvalue weighted by atomic mass is 19.4. The van der Waals surface area contributed by atoms with E-state index in [1.807, 2.05) is 41.6 Å². The maximum absolute atomic E-state index is 14.3. The molecule has 6 aliphatic carbocycles. The highest BCUT2D eigenvalue weighted by molar-refractivity contribution is 5.96. The van der Waals surface area contributed by atoms with Gasteiger partial charge < -0.3 is 14.5 Å². The number of anilines is 1. The van der Waals surface area contributed by atoms with Crippen molar-refractivity contribution in [1.82, 2.24) is 20.1 Å². The molecule has 2 heterocycles. The molecule has 2 bridgehead atoms. The number of alkyl halides is 5. The van der Waals surface area contributed by atoms with E-state index in [1.54, 1.807) is 0 Å². The number of nitrogens with zero attached hydrogens (tertiary/aromatic N) is 5. The van der Waals surface area contributed by atoms with Gasteiger partial charge in [0.2, 0.25) is 17.7 Å².